The number of sulfonamides is 1. The molecule has 0 aromatic carbocycles. The van der Waals surface area contributed by atoms with Gasteiger partial charge in [-0.1, -0.05) is 5.16 Å². The van der Waals surface area contributed by atoms with Crippen LogP contribution in [0.5, 0.6) is 0 Å². The van der Waals surface area contributed by atoms with E-state index in [1.54, 1.807) is 27.1 Å². The second-order valence-electron chi connectivity index (χ2n) is 4.16. The highest BCUT2D eigenvalue weighted by molar-refractivity contribution is 7.89. The highest BCUT2D eigenvalue weighted by Crippen LogP contribution is 2.22. The van der Waals surface area contributed by atoms with E-state index >= 15 is 0 Å². The molecule has 0 atom stereocenters. The molecule has 0 saturated carbocycles. The van der Waals surface area contributed by atoms with Crippen molar-refractivity contribution in [2.75, 3.05) is 13.6 Å². The van der Waals surface area contributed by atoms with Crippen molar-refractivity contribution >= 4 is 21.4 Å². The first kappa shape index (κ1) is 14.2. The molecule has 19 heavy (non-hydrogen) atoms. The first-order valence-corrected chi connectivity index (χ1v) is 8.02. The monoisotopic (exact) mass is 301 g/mol. The minimum Gasteiger partial charge on any atom is -0.360 e. The van der Waals surface area contributed by atoms with Crippen molar-refractivity contribution in [3.63, 3.8) is 0 Å². The van der Waals surface area contributed by atoms with Gasteiger partial charge in [0.05, 0.1) is 5.01 Å². The Bertz CT molecular complexity index is 627. The Hall–Kier alpha value is -1.25. The lowest BCUT2D eigenvalue weighted by molar-refractivity contribution is 0.390. The second-order valence-corrected chi connectivity index (χ2v) is 7.12. The SMILES string of the molecule is Cc1noc(C)c1S(=O)(=O)N(C)CCc1nccs1. The summed E-state index contributed by atoms with van der Waals surface area (Å²) >= 11 is 1.52. The van der Waals surface area contributed by atoms with Gasteiger partial charge in [-0.25, -0.2) is 17.7 Å². The van der Waals surface area contributed by atoms with Gasteiger partial charge in [0.25, 0.3) is 0 Å². The Morgan fingerprint density at radius 1 is 1.42 bits per heavy atom. The summed E-state index contributed by atoms with van der Waals surface area (Å²) < 4.78 is 31.0. The van der Waals surface area contributed by atoms with Crippen molar-refractivity contribution < 1.29 is 12.9 Å². The van der Waals surface area contributed by atoms with Gasteiger partial charge in [0, 0.05) is 31.6 Å². The number of aromatic nitrogens is 2. The molecule has 0 spiro atoms. The summed E-state index contributed by atoms with van der Waals surface area (Å²) in [4.78, 5) is 4.30. The third-order valence-corrected chi connectivity index (χ3v) is 5.70. The first-order valence-electron chi connectivity index (χ1n) is 5.70. The van der Waals surface area contributed by atoms with Crippen LogP contribution in [0.15, 0.2) is 21.0 Å². The van der Waals surface area contributed by atoms with Crippen LogP contribution in [-0.4, -0.2) is 36.5 Å². The van der Waals surface area contributed by atoms with Gasteiger partial charge in [-0.3, -0.25) is 0 Å². The number of hydrogen-bond acceptors (Lipinski definition) is 6. The van der Waals surface area contributed by atoms with E-state index in [0.717, 1.165) is 5.01 Å². The van der Waals surface area contributed by atoms with Crippen LogP contribution in [0.1, 0.15) is 16.5 Å². The van der Waals surface area contributed by atoms with Crippen molar-refractivity contribution in [1.82, 2.24) is 14.4 Å². The van der Waals surface area contributed by atoms with Crippen LogP contribution >= 0.6 is 11.3 Å². The zero-order valence-corrected chi connectivity index (χ0v) is 12.6. The van der Waals surface area contributed by atoms with Gasteiger partial charge in [-0.2, -0.15) is 0 Å². The predicted molar refractivity (Wildman–Crippen MR) is 71.6 cm³/mol. The van der Waals surface area contributed by atoms with Gasteiger partial charge in [0.1, 0.15) is 10.6 Å². The smallest absolute Gasteiger partial charge is 0.248 e. The lowest BCUT2D eigenvalue weighted by Gasteiger charge is -2.16. The highest BCUT2D eigenvalue weighted by atomic mass is 32.2. The van der Waals surface area contributed by atoms with Gasteiger partial charge >= 0.3 is 0 Å². The summed E-state index contributed by atoms with van der Waals surface area (Å²) in [5.41, 5.74) is 0.388. The zero-order chi connectivity index (χ0) is 14.0. The summed E-state index contributed by atoms with van der Waals surface area (Å²) in [6, 6.07) is 0. The standard InChI is InChI=1S/C11H15N3O3S2/c1-8-11(9(2)17-13-8)19(15,16)14(3)6-4-10-12-5-7-18-10/h5,7H,4,6H2,1-3H3. The molecule has 0 unspecified atom stereocenters. The van der Waals surface area contributed by atoms with Crippen molar-refractivity contribution in [3.8, 4) is 0 Å². The van der Waals surface area contributed by atoms with Crippen LogP contribution < -0.4 is 0 Å². The van der Waals surface area contributed by atoms with Crippen LogP contribution in [0, 0.1) is 13.8 Å². The summed E-state index contributed by atoms with van der Waals surface area (Å²) in [5, 5.41) is 6.47. The zero-order valence-electron chi connectivity index (χ0n) is 11.0. The average molecular weight is 301 g/mol. The Kier molecular flexibility index (Phi) is 4.02. The molecule has 2 rings (SSSR count). The maximum absolute atomic E-state index is 12.4. The molecule has 0 aliphatic carbocycles. The van der Waals surface area contributed by atoms with Crippen LogP contribution in [0.4, 0.5) is 0 Å². The molecule has 0 amide bonds. The van der Waals surface area contributed by atoms with E-state index in [9.17, 15) is 8.42 Å². The number of rotatable bonds is 5. The van der Waals surface area contributed by atoms with Gasteiger partial charge in [-0.05, 0) is 13.8 Å². The van der Waals surface area contributed by atoms with Gasteiger partial charge in [-0.15, -0.1) is 11.3 Å². The first-order chi connectivity index (χ1) is 8.93. The highest BCUT2D eigenvalue weighted by Gasteiger charge is 2.28. The van der Waals surface area contributed by atoms with Crippen LogP contribution in [-0.2, 0) is 16.4 Å². The third-order valence-electron chi connectivity index (χ3n) is 2.76. The van der Waals surface area contributed by atoms with E-state index in [4.69, 9.17) is 4.52 Å². The summed E-state index contributed by atoms with van der Waals surface area (Å²) in [6.45, 7) is 3.60. The number of likely N-dealkylation sites (N-methyl/N-ethyl adjacent to an activating group) is 1. The fourth-order valence-corrected chi connectivity index (χ4v) is 3.81. The number of nitrogens with zero attached hydrogens (tertiary/aromatic N) is 3. The number of aryl methyl sites for hydroxylation is 2. The lowest BCUT2D eigenvalue weighted by atomic mass is 10.4. The largest absolute Gasteiger partial charge is 0.360 e. The predicted octanol–water partition coefficient (Wildman–Crippen LogP) is 1.61. The van der Waals surface area contributed by atoms with E-state index < -0.39 is 10.0 Å². The molecular weight excluding hydrogens is 286 g/mol. The van der Waals surface area contributed by atoms with Crippen molar-refractivity contribution in [3.05, 3.63) is 28.0 Å². The molecule has 0 fully saturated rings. The molecule has 0 radical (unpaired) electrons. The maximum Gasteiger partial charge on any atom is 0.248 e. The average Bonchev–Trinajstić information content (AvgIpc) is 2.96. The fraction of sp³-hybridized carbons (Fsp3) is 0.455. The van der Waals surface area contributed by atoms with Crippen LogP contribution in [0.2, 0.25) is 0 Å². The molecule has 0 aliphatic rings. The molecule has 0 bridgehead atoms. The molecule has 104 valence electrons. The summed E-state index contributed by atoms with van der Waals surface area (Å²) in [5.74, 6) is 0.318. The van der Waals surface area contributed by atoms with Crippen LogP contribution in [0.25, 0.3) is 0 Å². The van der Waals surface area contributed by atoms with E-state index in [1.165, 1.54) is 15.6 Å². The molecule has 2 aromatic rings. The molecule has 2 heterocycles. The maximum atomic E-state index is 12.4. The van der Waals surface area contributed by atoms with Crippen LogP contribution in [0.3, 0.4) is 0 Å². The molecule has 2 aromatic heterocycles. The fourth-order valence-electron chi connectivity index (χ4n) is 1.75. The Labute approximate surface area is 116 Å². The van der Waals surface area contributed by atoms with Gasteiger partial charge in [0.15, 0.2) is 5.76 Å². The molecule has 8 heteroatoms. The van der Waals surface area contributed by atoms with Crippen molar-refractivity contribution in [2.24, 2.45) is 0 Å². The molecular formula is C11H15N3O3S2. The summed E-state index contributed by atoms with van der Waals surface area (Å²) in [6.07, 6.45) is 2.31. The Balaban J connectivity index is 2.16. The number of hydrogen-bond donors (Lipinski definition) is 0. The number of thiazole rings is 1. The van der Waals surface area contributed by atoms with E-state index in [0.29, 0.717) is 24.4 Å². The van der Waals surface area contributed by atoms with Crippen molar-refractivity contribution in [1.29, 1.82) is 0 Å². The molecule has 0 aliphatic heterocycles. The third kappa shape index (κ3) is 2.85. The van der Waals surface area contributed by atoms with E-state index in [-0.39, 0.29) is 4.90 Å². The normalized spacial score (nSPS) is 12.2. The second kappa shape index (κ2) is 5.40. The topological polar surface area (TPSA) is 76.3 Å². The minimum absolute atomic E-state index is 0.161. The summed E-state index contributed by atoms with van der Waals surface area (Å²) in [7, 11) is -2.01. The lowest BCUT2D eigenvalue weighted by Crippen LogP contribution is -2.29. The molecule has 6 nitrogen and oxygen atoms in total. The van der Waals surface area contributed by atoms with E-state index in [2.05, 4.69) is 10.1 Å². The Morgan fingerprint density at radius 3 is 2.68 bits per heavy atom. The Morgan fingerprint density at radius 2 is 2.16 bits per heavy atom. The van der Waals surface area contributed by atoms with Crippen molar-refractivity contribution in [2.45, 2.75) is 25.2 Å². The van der Waals surface area contributed by atoms with Gasteiger partial charge in [0.2, 0.25) is 10.0 Å². The minimum atomic E-state index is -3.56. The van der Waals surface area contributed by atoms with Gasteiger partial charge < -0.3 is 4.52 Å². The molecule has 0 N–H and O–H groups in total. The quantitative estimate of drug-likeness (QED) is 0.838. The van der Waals surface area contributed by atoms with E-state index in [1.807, 2.05) is 5.38 Å². The molecule has 0 saturated heterocycles.